The molecule has 0 saturated heterocycles. The Hall–Kier alpha value is -1.55. The lowest BCUT2D eigenvalue weighted by Crippen LogP contribution is -2.42. The molecule has 2 saturated carbocycles. The topological polar surface area (TPSA) is 61.4 Å². The Labute approximate surface area is 125 Å². The predicted molar refractivity (Wildman–Crippen MR) is 81.9 cm³/mol. The lowest BCUT2D eigenvalue weighted by molar-refractivity contribution is 0.201. The molecule has 0 aromatic heterocycles. The van der Waals surface area contributed by atoms with Crippen molar-refractivity contribution in [2.75, 3.05) is 13.2 Å². The molecule has 2 aliphatic carbocycles. The third-order valence-corrected chi connectivity index (χ3v) is 4.82. The van der Waals surface area contributed by atoms with Crippen molar-refractivity contribution in [2.24, 2.45) is 11.3 Å². The molecular weight excluding hydrogens is 264 g/mol. The van der Waals surface area contributed by atoms with Gasteiger partial charge in [0.25, 0.3) is 0 Å². The smallest absolute Gasteiger partial charge is 0.315 e. The second kappa shape index (κ2) is 5.68. The molecule has 1 atom stereocenters. The van der Waals surface area contributed by atoms with Gasteiger partial charge >= 0.3 is 6.03 Å². The average molecular weight is 288 g/mol. The summed E-state index contributed by atoms with van der Waals surface area (Å²) in [6, 6.07) is 8.25. The Morgan fingerprint density at radius 3 is 2.67 bits per heavy atom. The lowest BCUT2D eigenvalue weighted by Gasteiger charge is -2.22. The number of hydrogen-bond donors (Lipinski definition) is 3. The minimum absolute atomic E-state index is 0.0465. The van der Waals surface area contributed by atoms with E-state index in [4.69, 9.17) is 0 Å². The maximum absolute atomic E-state index is 12.2. The zero-order chi connectivity index (χ0) is 14.9. The van der Waals surface area contributed by atoms with E-state index in [1.807, 2.05) is 12.1 Å². The van der Waals surface area contributed by atoms with Crippen molar-refractivity contribution in [3.8, 4) is 0 Å². The molecule has 2 amide bonds. The fourth-order valence-electron chi connectivity index (χ4n) is 2.84. The summed E-state index contributed by atoms with van der Waals surface area (Å²) in [5, 5.41) is 15.3. The number of aliphatic hydroxyl groups excluding tert-OH is 1. The number of carbonyl (C=O) groups excluding carboxylic acids is 1. The highest BCUT2D eigenvalue weighted by molar-refractivity contribution is 5.74. The molecule has 3 rings (SSSR count). The van der Waals surface area contributed by atoms with E-state index in [0.717, 1.165) is 12.8 Å². The van der Waals surface area contributed by atoms with Crippen LogP contribution in [-0.4, -0.2) is 24.3 Å². The largest absolute Gasteiger partial charge is 0.396 e. The summed E-state index contributed by atoms with van der Waals surface area (Å²) in [5.41, 5.74) is 2.40. The number of nitrogens with one attached hydrogen (secondary N) is 2. The monoisotopic (exact) mass is 288 g/mol. The van der Waals surface area contributed by atoms with Gasteiger partial charge in [-0.2, -0.15) is 0 Å². The second-order valence-corrected chi connectivity index (χ2v) is 6.66. The standard InChI is InChI=1S/C17H24N2O2/c1-12-4-2-3-5-14(12)15(13-6-7-13)19-16(21)18-10-17(11-20)8-9-17/h2-5,13,15,20H,6-11H2,1H3,(H2,18,19,21)/t15-/m0/s1. The number of aryl methyl sites for hydroxylation is 1. The van der Waals surface area contributed by atoms with Crippen LogP contribution in [0, 0.1) is 18.3 Å². The molecule has 0 unspecified atom stereocenters. The van der Waals surface area contributed by atoms with Crippen molar-refractivity contribution in [2.45, 2.75) is 38.6 Å². The van der Waals surface area contributed by atoms with Gasteiger partial charge in [-0.1, -0.05) is 24.3 Å². The third kappa shape index (κ3) is 3.38. The van der Waals surface area contributed by atoms with Gasteiger partial charge in [0.2, 0.25) is 0 Å². The molecular formula is C17H24N2O2. The van der Waals surface area contributed by atoms with E-state index in [9.17, 15) is 9.90 Å². The number of aliphatic hydroxyl groups is 1. The van der Waals surface area contributed by atoms with Gasteiger partial charge in [0.05, 0.1) is 12.6 Å². The molecule has 2 fully saturated rings. The Balaban J connectivity index is 1.60. The maximum atomic E-state index is 12.2. The first-order valence-electron chi connectivity index (χ1n) is 7.84. The van der Waals surface area contributed by atoms with Gasteiger partial charge < -0.3 is 15.7 Å². The number of carbonyl (C=O) groups is 1. The van der Waals surface area contributed by atoms with Crippen molar-refractivity contribution < 1.29 is 9.90 Å². The highest BCUT2D eigenvalue weighted by Crippen LogP contribution is 2.44. The third-order valence-electron chi connectivity index (χ3n) is 4.82. The molecule has 0 radical (unpaired) electrons. The molecule has 1 aromatic carbocycles. The van der Waals surface area contributed by atoms with Crippen LogP contribution >= 0.6 is 0 Å². The first kappa shape index (κ1) is 14.4. The van der Waals surface area contributed by atoms with Gasteiger partial charge in [-0.15, -0.1) is 0 Å². The van der Waals surface area contributed by atoms with Gasteiger partial charge in [-0.25, -0.2) is 4.79 Å². The Bertz CT molecular complexity index is 521. The van der Waals surface area contributed by atoms with E-state index >= 15 is 0 Å². The van der Waals surface area contributed by atoms with Crippen LogP contribution in [0.2, 0.25) is 0 Å². The van der Waals surface area contributed by atoms with Gasteiger partial charge in [-0.3, -0.25) is 0 Å². The SMILES string of the molecule is Cc1ccccc1[C@@H](NC(=O)NCC1(CO)CC1)C1CC1. The van der Waals surface area contributed by atoms with E-state index in [1.54, 1.807) is 0 Å². The molecule has 0 bridgehead atoms. The number of urea groups is 1. The molecule has 114 valence electrons. The number of rotatable bonds is 6. The number of benzene rings is 1. The Morgan fingerprint density at radius 1 is 1.38 bits per heavy atom. The fraction of sp³-hybridized carbons (Fsp3) is 0.588. The van der Waals surface area contributed by atoms with Gasteiger partial charge in [0.1, 0.15) is 0 Å². The molecule has 2 aliphatic rings. The summed E-state index contributed by atoms with van der Waals surface area (Å²) in [5.74, 6) is 0.560. The summed E-state index contributed by atoms with van der Waals surface area (Å²) in [4.78, 5) is 12.2. The highest BCUT2D eigenvalue weighted by atomic mass is 16.3. The van der Waals surface area contributed by atoms with E-state index in [-0.39, 0.29) is 24.1 Å². The first-order valence-corrected chi connectivity index (χ1v) is 7.84. The van der Waals surface area contributed by atoms with E-state index < -0.39 is 0 Å². The van der Waals surface area contributed by atoms with Crippen LogP contribution in [0.4, 0.5) is 4.79 Å². The van der Waals surface area contributed by atoms with Gasteiger partial charge in [0, 0.05) is 12.0 Å². The lowest BCUT2D eigenvalue weighted by atomic mass is 9.98. The number of amides is 2. The molecule has 0 heterocycles. The molecule has 0 aliphatic heterocycles. The average Bonchev–Trinajstić information content (AvgIpc) is 3.38. The fourth-order valence-corrected chi connectivity index (χ4v) is 2.84. The quantitative estimate of drug-likeness (QED) is 0.753. The van der Waals surface area contributed by atoms with Crippen LogP contribution < -0.4 is 10.6 Å². The van der Waals surface area contributed by atoms with E-state index in [0.29, 0.717) is 12.5 Å². The molecule has 1 aromatic rings. The van der Waals surface area contributed by atoms with Gasteiger partial charge in [-0.05, 0) is 49.7 Å². The molecule has 0 spiro atoms. The van der Waals surface area contributed by atoms with Crippen molar-refractivity contribution in [3.63, 3.8) is 0 Å². The minimum Gasteiger partial charge on any atom is -0.396 e. The first-order chi connectivity index (χ1) is 10.1. The highest BCUT2D eigenvalue weighted by Gasteiger charge is 2.42. The summed E-state index contributed by atoms with van der Waals surface area (Å²) >= 11 is 0. The maximum Gasteiger partial charge on any atom is 0.315 e. The minimum atomic E-state index is -0.116. The predicted octanol–water partition coefficient (Wildman–Crippen LogP) is 2.52. The van der Waals surface area contributed by atoms with Crippen LogP contribution in [0.5, 0.6) is 0 Å². The van der Waals surface area contributed by atoms with Crippen LogP contribution in [0.15, 0.2) is 24.3 Å². The van der Waals surface area contributed by atoms with E-state index in [1.165, 1.54) is 24.0 Å². The van der Waals surface area contributed by atoms with E-state index in [2.05, 4.69) is 29.7 Å². The summed E-state index contributed by atoms with van der Waals surface area (Å²) in [6.45, 7) is 2.83. The Kier molecular flexibility index (Phi) is 3.89. The Morgan fingerprint density at radius 2 is 2.10 bits per heavy atom. The van der Waals surface area contributed by atoms with Gasteiger partial charge in [0.15, 0.2) is 0 Å². The summed E-state index contributed by atoms with van der Waals surface area (Å²) < 4.78 is 0. The molecule has 4 heteroatoms. The second-order valence-electron chi connectivity index (χ2n) is 6.66. The zero-order valence-corrected chi connectivity index (χ0v) is 12.6. The molecule has 4 nitrogen and oxygen atoms in total. The van der Waals surface area contributed by atoms with Crippen LogP contribution in [0.25, 0.3) is 0 Å². The van der Waals surface area contributed by atoms with Crippen molar-refractivity contribution in [1.82, 2.24) is 10.6 Å². The van der Waals surface area contributed by atoms with Crippen LogP contribution in [0.1, 0.15) is 42.9 Å². The summed E-state index contributed by atoms with van der Waals surface area (Å²) in [6.07, 6.45) is 4.38. The van der Waals surface area contributed by atoms with Crippen LogP contribution in [-0.2, 0) is 0 Å². The molecule has 3 N–H and O–H groups in total. The zero-order valence-electron chi connectivity index (χ0n) is 12.6. The molecule has 21 heavy (non-hydrogen) atoms. The van der Waals surface area contributed by atoms with Crippen molar-refractivity contribution in [3.05, 3.63) is 35.4 Å². The van der Waals surface area contributed by atoms with Crippen LogP contribution in [0.3, 0.4) is 0 Å². The summed E-state index contributed by atoms with van der Waals surface area (Å²) in [7, 11) is 0. The number of hydrogen-bond acceptors (Lipinski definition) is 2. The van der Waals surface area contributed by atoms with Crippen molar-refractivity contribution in [1.29, 1.82) is 0 Å². The normalized spacial score (nSPS) is 20.7. The van der Waals surface area contributed by atoms with Crippen molar-refractivity contribution >= 4 is 6.03 Å².